The molecule has 0 amide bonds. The van der Waals surface area contributed by atoms with Crippen LogP contribution in [0.25, 0.3) is 10.4 Å². The predicted molar refractivity (Wildman–Crippen MR) is 126 cm³/mol. The number of hydrogen-bond acceptors (Lipinski definition) is 4. The van der Waals surface area contributed by atoms with E-state index in [4.69, 9.17) is 9.84 Å². The summed E-state index contributed by atoms with van der Waals surface area (Å²) in [7, 11) is 0. The molecule has 2 aromatic carbocycles. The summed E-state index contributed by atoms with van der Waals surface area (Å²) in [5.74, 6) is 0.173. The minimum absolute atomic E-state index is 0.237. The molecule has 162 valence electrons. The number of likely N-dealkylation sites (tertiary alicyclic amines) is 1. The van der Waals surface area contributed by atoms with E-state index in [2.05, 4.69) is 71.6 Å². The topological polar surface area (TPSA) is 49.8 Å². The van der Waals surface area contributed by atoms with Gasteiger partial charge in [-0.3, -0.25) is 9.69 Å². The zero-order chi connectivity index (χ0) is 21.5. The van der Waals surface area contributed by atoms with Gasteiger partial charge >= 0.3 is 5.97 Å². The molecule has 0 spiro atoms. The van der Waals surface area contributed by atoms with Gasteiger partial charge in [0.05, 0.1) is 0 Å². The molecule has 5 heteroatoms. The van der Waals surface area contributed by atoms with Gasteiger partial charge in [0.2, 0.25) is 0 Å². The number of thiophene rings is 1. The Labute approximate surface area is 188 Å². The average Bonchev–Trinajstić information content (AvgIpc) is 3.43. The molecule has 0 bridgehead atoms. The third-order valence-electron chi connectivity index (χ3n) is 5.80. The Morgan fingerprint density at radius 3 is 2.65 bits per heavy atom. The van der Waals surface area contributed by atoms with Crippen LogP contribution in [0.15, 0.2) is 66.7 Å². The second-order valence-corrected chi connectivity index (χ2v) is 9.26. The highest BCUT2D eigenvalue weighted by atomic mass is 32.1. The van der Waals surface area contributed by atoms with Crippen LogP contribution in [-0.2, 0) is 11.2 Å². The van der Waals surface area contributed by atoms with Gasteiger partial charge in [-0.25, -0.2) is 0 Å². The van der Waals surface area contributed by atoms with Crippen LogP contribution in [0.5, 0.6) is 5.75 Å². The fourth-order valence-electron chi connectivity index (χ4n) is 4.14. The first kappa shape index (κ1) is 21.6. The molecule has 1 aliphatic rings. The number of ether oxygens (including phenoxy) is 1. The van der Waals surface area contributed by atoms with Gasteiger partial charge in [0.1, 0.15) is 12.4 Å². The molecule has 4 rings (SSSR count). The Bertz CT molecular complexity index is 968. The molecular formula is C26H29NO3S. The lowest BCUT2D eigenvalue weighted by Gasteiger charge is -2.24. The van der Waals surface area contributed by atoms with Crippen molar-refractivity contribution in [1.29, 1.82) is 0 Å². The largest absolute Gasteiger partial charge is 0.492 e. The van der Waals surface area contributed by atoms with Gasteiger partial charge in [-0.1, -0.05) is 30.3 Å². The number of carbonyl (C=O) groups is 1. The van der Waals surface area contributed by atoms with Gasteiger partial charge in [-0.2, -0.15) is 0 Å². The number of rotatable bonds is 10. The van der Waals surface area contributed by atoms with Crippen LogP contribution in [0.4, 0.5) is 0 Å². The van der Waals surface area contributed by atoms with Crippen LogP contribution in [0, 0.1) is 0 Å². The van der Waals surface area contributed by atoms with Crippen molar-refractivity contribution in [2.45, 2.75) is 38.1 Å². The van der Waals surface area contributed by atoms with Gasteiger partial charge in [-0.05, 0) is 79.9 Å². The number of carboxylic acids is 1. The first-order chi connectivity index (χ1) is 15.2. The molecule has 1 aliphatic heterocycles. The number of carboxylic acid groups (broad SMARTS) is 1. The van der Waals surface area contributed by atoms with E-state index in [9.17, 15) is 4.79 Å². The lowest BCUT2D eigenvalue weighted by molar-refractivity contribution is -0.137. The third kappa shape index (κ3) is 6.18. The zero-order valence-corrected chi connectivity index (χ0v) is 18.5. The summed E-state index contributed by atoms with van der Waals surface area (Å²) in [5.41, 5.74) is 2.55. The van der Waals surface area contributed by atoms with Crippen molar-refractivity contribution in [1.82, 2.24) is 4.90 Å². The third-order valence-corrected chi connectivity index (χ3v) is 6.93. The van der Waals surface area contributed by atoms with E-state index in [0.29, 0.717) is 19.1 Å². The number of aliphatic carboxylic acids is 1. The first-order valence-electron chi connectivity index (χ1n) is 11.0. The van der Waals surface area contributed by atoms with Gasteiger partial charge in [0.25, 0.3) is 0 Å². The van der Waals surface area contributed by atoms with E-state index >= 15 is 0 Å². The van der Waals surface area contributed by atoms with Crippen molar-refractivity contribution >= 4 is 17.3 Å². The summed E-state index contributed by atoms with van der Waals surface area (Å²) in [4.78, 5) is 15.8. The maximum absolute atomic E-state index is 10.7. The number of nitrogens with zero attached hydrogens (tertiary/aromatic N) is 1. The predicted octanol–water partition coefficient (Wildman–Crippen LogP) is 5.71. The second-order valence-electron chi connectivity index (χ2n) is 8.09. The fourth-order valence-corrected chi connectivity index (χ4v) is 5.19. The summed E-state index contributed by atoms with van der Waals surface area (Å²) in [5, 5.41) is 8.84. The molecule has 4 nitrogen and oxygen atoms in total. The highest BCUT2D eigenvalue weighted by molar-refractivity contribution is 7.15. The van der Waals surface area contributed by atoms with Crippen LogP contribution in [0.2, 0.25) is 0 Å². The normalized spacial score (nSPS) is 16.5. The summed E-state index contributed by atoms with van der Waals surface area (Å²) in [6.07, 6.45) is 4.18. The molecule has 0 saturated carbocycles. The molecule has 0 aliphatic carbocycles. The van der Waals surface area contributed by atoms with E-state index in [1.165, 1.54) is 20.9 Å². The molecule has 0 unspecified atom stereocenters. The molecular weight excluding hydrogens is 406 g/mol. The van der Waals surface area contributed by atoms with Crippen molar-refractivity contribution in [2.24, 2.45) is 0 Å². The first-order valence-corrected chi connectivity index (χ1v) is 11.8. The van der Waals surface area contributed by atoms with Crippen LogP contribution >= 0.6 is 11.3 Å². The average molecular weight is 436 g/mol. The maximum atomic E-state index is 10.7. The van der Waals surface area contributed by atoms with E-state index in [1.807, 2.05) is 11.3 Å². The zero-order valence-electron chi connectivity index (χ0n) is 17.7. The molecule has 0 radical (unpaired) electrons. The summed E-state index contributed by atoms with van der Waals surface area (Å²) in [6.45, 7) is 2.53. The Balaban J connectivity index is 1.29. The van der Waals surface area contributed by atoms with Crippen molar-refractivity contribution < 1.29 is 14.6 Å². The highest BCUT2D eigenvalue weighted by Crippen LogP contribution is 2.31. The van der Waals surface area contributed by atoms with Gasteiger partial charge < -0.3 is 9.84 Å². The monoisotopic (exact) mass is 435 g/mol. The summed E-state index contributed by atoms with van der Waals surface area (Å²) >= 11 is 1.84. The fraction of sp³-hybridized carbons (Fsp3) is 0.346. The van der Waals surface area contributed by atoms with Gasteiger partial charge in [-0.15, -0.1) is 11.3 Å². The molecule has 1 atom stereocenters. The van der Waals surface area contributed by atoms with Crippen molar-refractivity contribution in [2.75, 3.05) is 19.7 Å². The van der Waals surface area contributed by atoms with Crippen LogP contribution in [0.3, 0.4) is 0 Å². The number of hydrogen-bond donors (Lipinski definition) is 1. The SMILES string of the molecule is O=C(O)CCCN1CCC[C@H]1COc1ccc(-c2ccc(Cc3ccccc3)s2)cc1. The van der Waals surface area contributed by atoms with Crippen molar-refractivity contribution in [3.05, 3.63) is 77.2 Å². The minimum Gasteiger partial charge on any atom is -0.492 e. The number of benzene rings is 2. The molecule has 2 heterocycles. The molecule has 3 aromatic rings. The van der Waals surface area contributed by atoms with E-state index in [1.54, 1.807) is 0 Å². The van der Waals surface area contributed by atoms with Gasteiger partial charge in [0.15, 0.2) is 0 Å². The van der Waals surface area contributed by atoms with Crippen LogP contribution < -0.4 is 4.74 Å². The minimum atomic E-state index is -0.718. The Kier molecular flexibility index (Phi) is 7.39. The second kappa shape index (κ2) is 10.6. The standard InChI is InChI=1S/C26H29NO3S/c28-26(29)9-5-17-27-16-4-8-22(27)19-30-23-12-10-21(11-13-23)25-15-14-24(31-25)18-20-6-2-1-3-7-20/h1-3,6-7,10-15,22H,4-5,8-9,16-19H2,(H,28,29)/t22-/m0/s1. The van der Waals surface area contributed by atoms with Crippen LogP contribution in [0.1, 0.15) is 36.1 Å². The maximum Gasteiger partial charge on any atom is 0.303 e. The molecule has 1 fully saturated rings. The van der Waals surface area contributed by atoms with Gasteiger partial charge in [0, 0.05) is 28.6 Å². The Hall–Kier alpha value is -2.63. The Morgan fingerprint density at radius 1 is 1.06 bits per heavy atom. The highest BCUT2D eigenvalue weighted by Gasteiger charge is 2.24. The molecule has 31 heavy (non-hydrogen) atoms. The molecule has 1 N–H and O–H groups in total. The van der Waals surface area contributed by atoms with E-state index in [-0.39, 0.29) is 6.42 Å². The lowest BCUT2D eigenvalue weighted by Crippen LogP contribution is -2.35. The summed E-state index contributed by atoms with van der Waals surface area (Å²) in [6, 6.07) is 23.7. The lowest BCUT2D eigenvalue weighted by atomic mass is 10.1. The quantitative estimate of drug-likeness (QED) is 0.443. The summed E-state index contributed by atoms with van der Waals surface area (Å²) < 4.78 is 6.07. The molecule has 1 aromatic heterocycles. The van der Waals surface area contributed by atoms with Crippen molar-refractivity contribution in [3.63, 3.8) is 0 Å². The van der Waals surface area contributed by atoms with Crippen LogP contribution in [-0.4, -0.2) is 41.7 Å². The van der Waals surface area contributed by atoms with E-state index in [0.717, 1.165) is 38.1 Å². The van der Waals surface area contributed by atoms with E-state index < -0.39 is 5.97 Å². The van der Waals surface area contributed by atoms with Crippen molar-refractivity contribution in [3.8, 4) is 16.2 Å². The smallest absolute Gasteiger partial charge is 0.303 e. The Morgan fingerprint density at radius 2 is 1.87 bits per heavy atom. The molecule has 1 saturated heterocycles.